The van der Waals surface area contributed by atoms with Crippen LogP contribution in [0.3, 0.4) is 0 Å². The van der Waals surface area contributed by atoms with Gasteiger partial charge in [0, 0.05) is 6.20 Å². The van der Waals surface area contributed by atoms with E-state index in [9.17, 15) is 0 Å². The van der Waals surface area contributed by atoms with Crippen molar-refractivity contribution in [2.24, 2.45) is 0 Å². The minimum atomic E-state index is 0.601. The number of benzene rings is 1. The zero-order valence-corrected chi connectivity index (χ0v) is 12.2. The minimum Gasteiger partial charge on any atom is -0.438 e. The van der Waals surface area contributed by atoms with Crippen LogP contribution in [-0.4, -0.2) is 4.98 Å². The Kier molecular flexibility index (Phi) is 4.37. The topological polar surface area (TPSA) is 22.1 Å². The summed E-state index contributed by atoms with van der Waals surface area (Å²) in [7, 11) is 0. The van der Waals surface area contributed by atoms with E-state index in [0.29, 0.717) is 5.88 Å². The molecule has 0 radical (unpaired) electrons. The molecule has 1 aromatic heterocycles. The molecule has 0 aliphatic rings. The average molecular weight is 306 g/mol. The van der Waals surface area contributed by atoms with E-state index < -0.39 is 0 Å². The van der Waals surface area contributed by atoms with Crippen molar-refractivity contribution < 1.29 is 4.74 Å². The first-order chi connectivity index (χ1) is 8.69. The van der Waals surface area contributed by atoms with Gasteiger partial charge in [-0.15, -0.1) is 0 Å². The number of halogens is 1. The van der Waals surface area contributed by atoms with Gasteiger partial charge in [-0.25, -0.2) is 4.98 Å². The molecule has 3 heteroatoms. The highest BCUT2D eigenvalue weighted by Gasteiger charge is 2.04. The van der Waals surface area contributed by atoms with Gasteiger partial charge in [-0.05, 0) is 58.6 Å². The smallest absolute Gasteiger partial charge is 0.233 e. The number of hydrogen-bond acceptors (Lipinski definition) is 2. The Morgan fingerprint density at radius 1 is 1.22 bits per heavy atom. The molecule has 0 fully saturated rings. The molecule has 1 heterocycles. The predicted molar refractivity (Wildman–Crippen MR) is 77.2 cm³/mol. The second-order valence-corrected chi connectivity index (χ2v) is 5.15. The molecule has 18 heavy (non-hydrogen) atoms. The summed E-state index contributed by atoms with van der Waals surface area (Å²) >= 11 is 3.46. The molecule has 0 bridgehead atoms. The monoisotopic (exact) mass is 305 g/mol. The molecule has 0 aliphatic carbocycles. The van der Waals surface area contributed by atoms with E-state index >= 15 is 0 Å². The van der Waals surface area contributed by atoms with Gasteiger partial charge in [0.15, 0.2) is 0 Å². The number of pyridine rings is 1. The van der Waals surface area contributed by atoms with E-state index in [1.165, 1.54) is 5.56 Å². The Morgan fingerprint density at radius 2 is 1.94 bits per heavy atom. The Labute approximate surface area is 116 Å². The van der Waals surface area contributed by atoms with E-state index in [1.807, 2.05) is 25.1 Å². The zero-order chi connectivity index (χ0) is 13.0. The second kappa shape index (κ2) is 6.01. The van der Waals surface area contributed by atoms with Crippen LogP contribution in [0.4, 0.5) is 0 Å². The molecule has 0 spiro atoms. The van der Waals surface area contributed by atoms with Crippen LogP contribution in [0.15, 0.2) is 41.0 Å². The van der Waals surface area contributed by atoms with Crippen molar-refractivity contribution in [3.63, 3.8) is 0 Å². The van der Waals surface area contributed by atoms with Gasteiger partial charge in [-0.2, -0.15) is 0 Å². The third kappa shape index (κ3) is 3.33. The van der Waals surface area contributed by atoms with E-state index in [1.54, 1.807) is 6.20 Å². The van der Waals surface area contributed by atoms with Gasteiger partial charge >= 0.3 is 0 Å². The molecule has 2 nitrogen and oxygen atoms in total. The number of aryl methyl sites for hydroxylation is 2. The lowest BCUT2D eigenvalue weighted by Crippen LogP contribution is -1.90. The first-order valence-corrected chi connectivity index (χ1v) is 6.87. The summed E-state index contributed by atoms with van der Waals surface area (Å²) in [4.78, 5) is 4.26. The molecule has 94 valence electrons. The van der Waals surface area contributed by atoms with Crippen molar-refractivity contribution in [1.82, 2.24) is 4.98 Å². The first kappa shape index (κ1) is 13.1. The molecule has 2 rings (SSSR count). The number of aromatic nitrogens is 1. The number of nitrogens with zero attached hydrogens (tertiary/aromatic N) is 1. The van der Waals surface area contributed by atoms with Gasteiger partial charge in [0.05, 0.1) is 4.47 Å². The zero-order valence-electron chi connectivity index (χ0n) is 10.6. The van der Waals surface area contributed by atoms with Crippen molar-refractivity contribution in [1.29, 1.82) is 0 Å². The molecule has 0 unspecified atom stereocenters. The number of hydrogen-bond donors (Lipinski definition) is 0. The number of ether oxygens (including phenoxy) is 1. The predicted octanol–water partition coefficient (Wildman–Crippen LogP) is 4.90. The molecule has 0 saturated heterocycles. The van der Waals surface area contributed by atoms with E-state index in [4.69, 9.17) is 4.74 Å². The SMILES string of the molecule is CCCc1ccc(Oc2ncc(C)cc2Br)cc1. The Hall–Kier alpha value is -1.35. The highest BCUT2D eigenvalue weighted by atomic mass is 79.9. The number of rotatable bonds is 4. The Morgan fingerprint density at radius 3 is 2.56 bits per heavy atom. The molecular formula is C15H16BrNO. The maximum Gasteiger partial charge on any atom is 0.233 e. The van der Waals surface area contributed by atoms with Gasteiger partial charge < -0.3 is 4.74 Å². The standard InChI is InChI=1S/C15H16BrNO/c1-3-4-12-5-7-13(8-6-12)18-15-14(16)9-11(2)10-17-15/h5-10H,3-4H2,1-2H3. The van der Waals surface area contributed by atoms with Gasteiger partial charge in [0.2, 0.25) is 5.88 Å². The lowest BCUT2D eigenvalue weighted by atomic mass is 10.1. The minimum absolute atomic E-state index is 0.601. The van der Waals surface area contributed by atoms with Crippen LogP contribution in [0.2, 0.25) is 0 Å². The summed E-state index contributed by atoms with van der Waals surface area (Å²) in [5, 5.41) is 0. The largest absolute Gasteiger partial charge is 0.438 e. The van der Waals surface area contributed by atoms with Gasteiger partial charge in [0.1, 0.15) is 5.75 Å². The quantitative estimate of drug-likeness (QED) is 0.801. The van der Waals surface area contributed by atoms with E-state index in [0.717, 1.165) is 28.6 Å². The summed E-state index contributed by atoms with van der Waals surface area (Å²) < 4.78 is 6.61. The fourth-order valence-electron chi connectivity index (χ4n) is 1.72. The van der Waals surface area contributed by atoms with Crippen LogP contribution < -0.4 is 4.74 Å². The van der Waals surface area contributed by atoms with Gasteiger partial charge in [-0.1, -0.05) is 25.5 Å². The van der Waals surface area contributed by atoms with Crippen molar-refractivity contribution >= 4 is 15.9 Å². The van der Waals surface area contributed by atoms with Crippen molar-refractivity contribution in [3.05, 3.63) is 52.1 Å². The lowest BCUT2D eigenvalue weighted by molar-refractivity contribution is 0.459. The first-order valence-electron chi connectivity index (χ1n) is 6.08. The highest BCUT2D eigenvalue weighted by Crippen LogP contribution is 2.28. The van der Waals surface area contributed by atoms with Crippen LogP contribution in [-0.2, 0) is 6.42 Å². The lowest BCUT2D eigenvalue weighted by Gasteiger charge is -2.07. The molecule has 0 N–H and O–H groups in total. The van der Waals surface area contributed by atoms with Crippen molar-refractivity contribution in [2.75, 3.05) is 0 Å². The average Bonchev–Trinajstić information content (AvgIpc) is 2.35. The Bertz CT molecular complexity index is 523. The fourth-order valence-corrected chi connectivity index (χ4v) is 2.26. The third-order valence-corrected chi connectivity index (χ3v) is 3.19. The highest BCUT2D eigenvalue weighted by molar-refractivity contribution is 9.10. The van der Waals surface area contributed by atoms with Crippen LogP contribution in [0.1, 0.15) is 24.5 Å². The maximum atomic E-state index is 5.74. The molecule has 0 amide bonds. The summed E-state index contributed by atoms with van der Waals surface area (Å²) in [5.74, 6) is 1.41. The molecule has 0 atom stereocenters. The fraction of sp³-hybridized carbons (Fsp3) is 0.267. The van der Waals surface area contributed by atoms with Gasteiger partial charge in [-0.3, -0.25) is 0 Å². The van der Waals surface area contributed by atoms with Gasteiger partial charge in [0.25, 0.3) is 0 Å². The van der Waals surface area contributed by atoms with Crippen LogP contribution in [0.5, 0.6) is 11.6 Å². The summed E-state index contributed by atoms with van der Waals surface area (Å²) in [6, 6.07) is 10.2. The molecule has 0 aliphatic heterocycles. The van der Waals surface area contributed by atoms with Crippen molar-refractivity contribution in [3.8, 4) is 11.6 Å². The molecule has 1 aromatic carbocycles. The summed E-state index contributed by atoms with van der Waals surface area (Å²) in [6.45, 7) is 4.18. The van der Waals surface area contributed by atoms with Crippen molar-refractivity contribution in [2.45, 2.75) is 26.7 Å². The summed E-state index contributed by atoms with van der Waals surface area (Å²) in [5.41, 5.74) is 2.44. The van der Waals surface area contributed by atoms with Crippen LogP contribution >= 0.6 is 15.9 Å². The normalized spacial score (nSPS) is 10.4. The molecule has 0 saturated carbocycles. The van der Waals surface area contributed by atoms with E-state index in [2.05, 4.69) is 40.0 Å². The summed E-state index contributed by atoms with van der Waals surface area (Å²) in [6.07, 6.45) is 4.06. The molecular weight excluding hydrogens is 290 g/mol. The second-order valence-electron chi connectivity index (χ2n) is 4.30. The van der Waals surface area contributed by atoms with Crippen LogP contribution in [0.25, 0.3) is 0 Å². The third-order valence-electron chi connectivity index (χ3n) is 2.62. The molecule has 2 aromatic rings. The maximum absolute atomic E-state index is 5.74. The van der Waals surface area contributed by atoms with Crippen LogP contribution in [0, 0.1) is 6.92 Å². The Balaban J connectivity index is 2.13. The van der Waals surface area contributed by atoms with E-state index in [-0.39, 0.29) is 0 Å².